The highest BCUT2D eigenvalue weighted by molar-refractivity contribution is 6.08. The third-order valence-electron chi connectivity index (χ3n) is 3.59. The van der Waals surface area contributed by atoms with Crippen LogP contribution in [0, 0.1) is 0 Å². The normalized spacial score (nSPS) is 15.3. The Morgan fingerprint density at radius 2 is 1.40 bits per heavy atom. The van der Waals surface area contributed by atoms with Gasteiger partial charge in [-0.25, -0.2) is 19.6 Å². The topological polar surface area (TPSA) is 81.6 Å². The second-order valence-electron chi connectivity index (χ2n) is 8.24. The van der Waals surface area contributed by atoms with Crippen LogP contribution in [0.25, 0.3) is 0 Å². The summed E-state index contributed by atoms with van der Waals surface area (Å²) in [6.45, 7) is 10.3. The van der Waals surface area contributed by atoms with Gasteiger partial charge in [0.05, 0.1) is 0 Å². The van der Waals surface area contributed by atoms with Crippen LogP contribution < -0.4 is 4.90 Å². The zero-order valence-electron chi connectivity index (χ0n) is 15.8. The van der Waals surface area contributed by atoms with Gasteiger partial charge in [-0.1, -0.05) is 6.42 Å². The molecule has 0 saturated heterocycles. The average Bonchev–Trinajstić information content (AvgIpc) is 2.34. The fourth-order valence-electron chi connectivity index (χ4n) is 2.25. The molecule has 1 fully saturated rings. The Bertz CT molecular complexity index is 597. The molecule has 0 spiro atoms. The molecule has 0 unspecified atom stereocenters. The first-order chi connectivity index (χ1) is 11.5. The van der Waals surface area contributed by atoms with Gasteiger partial charge in [0, 0.05) is 12.4 Å². The summed E-state index contributed by atoms with van der Waals surface area (Å²) in [5.41, 5.74) is -0.504. The third-order valence-corrected chi connectivity index (χ3v) is 3.59. The van der Waals surface area contributed by atoms with Crippen LogP contribution >= 0.6 is 0 Å². The van der Waals surface area contributed by atoms with Crippen molar-refractivity contribution in [2.24, 2.45) is 0 Å². The molecule has 0 aliphatic heterocycles. The first-order valence-corrected chi connectivity index (χ1v) is 8.54. The fourth-order valence-corrected chi connectivity index (χ4v) is 2.25. The third kappa shape index (κ3) is 5.41. The minimum Gasteiger partial charge on any atom is -0.443 e. The number of rotatable bonds is 2. The molecule has 0 N–H and O–H groups in total. The van der Waals surface area contributed by atoms with E-state index in [1.54, 1.807) is 53.9 Å². The largest absolute Gasteiger partial charge is 0.443 e. The van der Waals surface area contributed by atoms with Crippen molar-refractivity contribution in [3.8, 4) is 0 Å². The van der Waals surface area contributed by atoms with Crippen molar-refractivity contribution in [1.82, 2.24) is 9.97 Å². The van der Waals surface area contributed by atoms with Crippen LogP contribution in [0.5, 0.6) is 0 Å². The molecule has 1 aromatic rings. The number of hydrogen-bond donors (Lipinski definition) is 0. The number of nitrogens with zero attached hydrogens (tertiary/aromatic N) is 3. The molecule has 1 aromatic heterocycles. The molecule has 1 aliphatic rings. The number of aromatic nitrogens is 2. The average molecular weight is 349 g/mol. The van der Waals surface area contributed by atoms with Crippen molar-refractivity contribution in [3.05, 3.63) is 18.0 Å². The van der Waals surface area contributed by atoms with E-state index in [-0.39, 0.29) is 5.95 Å². The summed E-state index contributed by atoms with van der Waals surface area (Å²) in [4.78, 5) is 34.1. The Labute approximate surface area is 148 Å². The van der Waals surface area contributed by atoms with Crippen LogP contribution in [-0.2, 0) is 9.47 Å². The maximum atomic E-state index is 12.5. The van der Waals surface area contributed by atoms with E-state index in [0.29, 0.717) is 5.92 Å². The molecule has 1 aliphatic carbocycles. The Morgan fingerprint density at radius 3 is 1.72 bits per heavy atom. The van der Waals surface area contributed by atoms with Crippen LogP contribution in [0.4, 0.5) is 15.5 Å². The summed E-state index contributed by atoms with van der Waals surface area (Å²) < 4.78 is 10.6. The molecule has 0 aromatic carbocycles. The lowest BCUT2D eigenvalue weighted by atomic mass is 9.81. The highest BCUT2D eigenvalue weighted by Gasteiger charge is 2.34. The smallest absolute Gasteiger partial charge is 0.427 e. The van der Waals surface area contributed by atoms with Crippen LogP contribution in [0.1, 0.15) is 72.3 Å². The zero-order chi connectivity index (χ0) is 18.8. The summed E-state index contributed by atoms with van der Waals surface area (Å²) in [6.07, 6.45) is 5.03. The summed E-state index contributed by atoms with van der Waals surface area (Å²) in [5, 5.41) is 0. The quantitative estimate of drug-likeness (QED) is 0.786. The van der Waals surface area contributed by atoms with Gasteiger partial charge in [0.1, 0.15) is 11.2 Å². The summed E-state index contributed by atoms with van der Waals surface area (Å²) in [7, 11) is 0. The fraction of sp³-hybridized carbons (Fsp3) is 0.667. The number of hydrogen-bond acceptors (Lipinski definition) is 6. The monoisotopic (exact) mass is 349 g/mol. The zero-order valence-corrected chi connectivity index (χ0v) is 15.8. The van der Waals surface area contributed by atoms with E-state index in [4.69, 9.17) is 9.47 Å². The van der Waals surface area contributed by atoms with Gasteiger partial charge in [0.25, 0.3) is 0 Å². The predicted octanol–water partition coefficient (Wildman–Crippen LogP) is 4.42. The van der Waals surface area contributed by atoms with E-state index in [0.717, 1.165) is 23.3 Å². The highest BCUT2D eigenvalue weighted by Crippen LogP contribution is 2.35. The van der Waals surface area contributed by atoms with Crippen LogP contribution in [0.2, 0.25) is 0 Å². The Hall–Kier alpha value is -2.18. The number of carbonyl (C=O) groups excluding carboxylic acids is 2. The number of carbonyl (C=O) groups is 2. The lowest BCUT2D eigenvalue weighted by molar-refractivity contribution is 0.0427. The van der Waals surface area contributed by atoms with Crippen molar-refractivity contribution in [3.63, 3.8) is 0 Å². The second kappa shape index (κ2) is 6.98. The Morgan fingerprint density at radius 1 is 0.960 bits per heavy atom. The molecule has 1 saturated carbocycles. The molecule has 1 heterocycles. The first-order valence-electron chi connectivity index (χ1n) is 8.54. The van der Waals surface area contributed by atoms with Crippen molar-refractivity contribution in [1.29, 1.82) is 0 Å². The minimum absolute atomic E-state index is 0.0495. The molecule has 7 heteroatoms. The van der Waals surface area contributed by atoms with E-state index in [1.165, 1.54) is 6.42 Å². The Balaban J connectivity index is 2.26. The first kappa shape index (κ1) is 19.1. The number of amides is 2. The van der Waals surface area contributed by atoms with Crippen molar-refractivity contribution in [2.45, 2.75) is 77.9 Å². The van der Waals surface area contributed by atoms with Gasteiger partial charge >= 0.3 is 12.2 Å². The summed E-state index contributed by atoms with van der Waals surface area (Å²) >= 11 is 0. The van der Waals surface area contributed by atoms with E-state index in [1.807, 2.05) is 0 Å². The van der Waals surface area contributed by atoms with Gasteiger partial charge in [-0.05, 0) is 65.9 Å². The molecule has 0 bridgehead atoms. The van der Waals surface area contributed by atoms with Crippen LogP contribution in [0.3, 0.4) is 0 Å². The molecular formula is C18H27N3O4. The van der Waals surface area contributed by atoms with Crippen LogP contribution in [-0.4, -0.2) is 33.4 Å². The lowest BCUT2D eigenvalue weighted by Crippen LogP contribution is -2.44. The maximum absolute atomic E-state index is 12.5. The summed E-state index contributed by atoms with van der Waals surface area (Å²) in [6, 6.07) is 0. The molecule has 2 rings (SSSR count). The summed E-state index contributed by atoms with van der Waals surface area (Å²) in [5.74, 6) is 0.414. The van der Waals surface area contributed by atoms with Gasteiger partial charge in [-0.15, -0.1) is 4.90 Å². The number of anilines is 1. The van der Waals surface area contributed by atoms with Crippen molar-refractivity contribution >= 4 is 18.1 Å². The highest BCUT2D eigenvalue weighted by atomic mass is 16.6. The molecule has 138 valence electrons. The van der Waals surface area contributed by atoms with E-state index < -0.39 is 23.4 Å². The van der Waals surface area contributed by atoms with Gasteiger partial charge in [-0.3, -0.25) is 0 Å². The maximum Gasteiger partial charge on any atom is 0.427 e. The van der Waals surface area contributed by atoms with Crippen molar-refractivity contribution in [2.75, 3.05) is 4.90 Å². The van der Waals surface area contributed by atoms with E-state index >= 15 is 0 Å². The van der Waals surface area contributed by atoms with Gasteiger partial charge in [-0.2, -0.15) is 0 Å². The van der Waals surface area contributed by atoms with Gasteiger partial charge < -0.3 is 9.47 Å². The lowest BCUT2D eigenvalue weighted by Gasteiger charge is -2.28. The minimum atomic E-state index is -0.863. The van der Waals surface area contributed by atoms with Crippen LogP contribution in [0.15, 0.2) is 12.4 Å². The standard InChI is InChI=1S/C18H27N3O4/c1-17(2,3)24-15(22)21(16(23)25-18(4,5)6)14-19-10-13(11-20-14)12-8-7-9-12/h10-12H,7-9H2,1-6H3. The van der Waals surface area contributed by atoms with Gasteiger partial charge in [0.2, 0.25) is 5.95 Å². The van der Waals surface area contributed by atoms with Gasteiger partial charge in [0.15, 0.2) is 0 Å². The number of ether oxygens (including phenoxy) is 2. The predicted molar refractivity (Wildman–Crippen MR) is 93.6 cm³/mol. The van der Waals surface area contributed by atoms with E-state index in [9.17, 15) is 9.59 Å². The molecular weight excluding hydrogens is 322 g/mol. The molecule has 0 radical (unpaired) electrons. The van der Waals surface area contributed by atoms with Crippen molar-refractivity contribution < 1.29 is 19.1 Å². The molecule has 7 nitrogen and oxygen atoms in total. The second-order valence-corrected chi connectivity index (χ2v) is 8.24. The molecule has 2 amide bonds. The number of imide groups is 1. The Kier molecular flexibility index (Phi) is 5.34. The molecule has 0 atom stereocenters. The van der Waals surface area contributed by atoms with E-state index in [2.05, 4.69) is 9.97 Å². The molecule has 25 heavy (non-hydrogen) atoms. The SMILES string of the molecule is CC(C)(C)OC(=O)N(C(=O)OC(C)(C)C)c1ncc(C2CCC2)cn1.